The van der Waals surface area contributed by atoms with Gasteiger partial charge in [0, 0.05) is 13.2 Å². The van der Waals surface area contributed by atoms with Gasteiger partial charge in [-0.25, -0.2) is 0 Å². The van der Waals surface area contributed by atoms with Crippen molar-refractivity contribution in [2.45, 2.75) is 6.61 Å². The summed E-state index contributed by atoms with van der Waals surface area (Å²) in [5.74, 6) is 1.99. The summed E-state index contributed by atoms with van der Waals surface area (Å²) in [6.45, 7) is 0.676. The van der Waals surface area contributed by atoms with Gasteiger partial charge in [-0.15, -0.1) is 0 Å². The summed E-state index contributed by atoms with van der Waals surface area (Å²) in [7, 11) is 3.19. The van der Waals surface area contributed by atoms with Gasteiger partial charge in [0.25, 0.3) is 0 Å². The Kier molecular flexibility index (Phi) is 5.26. The van der Waals surface area contributed by atoms with E-state index < -0.39 is 0 Å². The Balaban J connectivity index is 2.07. The van der Waals surface area contributed by atoms with Crippen molar-refractivity contribution in [2.24, 2.45) is 0 Å². The van der Waals surface area contributed by atoms with Gasteiger partial charge in [-0.3, -0.25) is 0 Å². The minimum Gasteiger partial charge on any atom is -0.493 e. The predicted molar refractivity (Wildman–Crippen MR) is 76.3 cm³/mol. The van der Waals surface area contributed by atoms with Gasteiger partial charge in [-0.2, -0.15) is 0 Å². The van der Waals surface area contributed by atoms with Crippen LogP contribution in [-0.2, 0) is 11.3 Å². The second-order valence-corrected chi connectivity index (χ2v) is 4.14. The largest absolute Gasteiger partial charge is 0.493 e. The van der Waals surface area contributed by atoms with E-state index in [0.717, 1.165) is 5.56 Å². The smallest absolute Gasteiger partial charge is 0.188 e. The lowest BCUT2D eigenvalue weighted by Crippen LogP contribution is -2.01. The van der Waals surface area contributed by atoms with Crippen LogP contribution in [0, 0.1) is 0 Å². The molecule has 2 aromatic carbocycles. The van der Waals surface area contributed by atoms with Crippen LogP contribution in [0.2, 0.25) is 0 Å². The van der Waals surface area contributed by atoms with Gasteiger partial charge in [0.15, 0.2) is 18.3 Å². The summed E-state index contributed by atoms with van der Waals surface area (Å²) >= 11 is 0. The molecule has 4 heteroatoms. The zero-order chi connectivity index (χ0) is 14.2. The van der Waals surface area contributed by atoms with Crippen molar-refractivity contribution in [2.75, 3.05) is 21.0 Å². The van der Waals surface area contributed by atoms with Crippen molar-refractivity contribution in [3.05, 3.63) is 54.1 Å². The van der Waals surface area contributed by atoms with Crippen LogP contribution >= 0.6 is 0 Å². The van der Waals surface area contributed by atoms with Crippen LogP contribution in [0.3, 0.4) is 0 Å². The molecule has 0 aliphatic heterocycles. The van der Waals surface area contributed by atoms with Crippen molar-refractivity contribution in [1.82, 2.24) is 0 Å². The third kappa shape index (κ3) is 3.90. The van der Waals surface area contributed by atoms with Crippen LogP contribution in [-0.4, -0.2) is 21.0 Å². The van der Waals surface area contributed by atoms with Crippen LogP contribution in [0.5, 0.6) is 17.2 Å². The molecule has 2 aromatic rings. The van der Waals surface area contributed by atoms with Crippen LogP contribution in [0.15, 0.2) is 48.5 Å². The van der Waals surface area contributed by atoms with Crippen LogP contribution < -0.4 is 14.2 Å². The molecule has 0 saturated heterocycles. The zero-order valence-electron chi connectivity index (χ0n) is 11.7. The van der Waals surface area contributed by atoms with Crippen molar-refractivity contribution in [3.63, 3.8) is 0 Å². The summed E-state index contributed by atoms with van der Waals surface area (Å²) in [6.07, 6.45) is 0. The van der Waals surface area contributed by atoms with E-state index in [1.54, 1.807) is 20.3 Å². The maximum atomic E-state index is 5.79. The summed E-state index contributed by atoms with van der Waals surface area (Å²) < 4.78 is 21.3. The monoisotopic (exact) mass is 274 g/mol. The van der Waals surface area contributed by atoms with Crippen molar-refractivity contribution in [1.29, 1.82) is 0 Å². The molecule has 0 spiro atoms. The number of methoxy groups -OCH3 is 2. The minimum absolute atomic E-state index is 0.199. The topological polar surface area (TPSA) is 36.9 Å². The molecule has 0 aromatic heterocycles. The molecule has 0 bridgehead atoms. The Morgan fingerprint density at radius 2 is 1.65 bits per heavy atom. The van der Waals surface area contributed by atoms with E-state index in [2.05, 4.69) is 0 Å². The summed E-state index contributed by atoms with van der Waals surface area (Å²) in [5.41, 5.74) is 1.10. The highest BCUT2D eigenvalue weighted by atomic mass is 16.7. The maximum Gasteiger partial charge on any atom is 0.188 e. The maximum absolute atomic E-state index is 5.79. The van der Waals surface area contributed by atoms with Gasteiger partial charge in [0.2, 0.25) is 0 Å². The molecular weight excluding hydrogens is 256 g/mol. The van der Waals surface area contributed by atoms with Gasteiger partial charge >= 0.3 is 0 Å². The van der Waals surface area contributed by atoms with Gasteiger partial charge in [0.05, 0.1) is 7.11 Å². The molecule has 0 fully saturated rings. The lowest BCUT2D eigenvalue weighted by molar-refractivity contribution is 0.0508. The van der Waals surface area contributed by atoms with Crippen molar-refractivity contribution < 1.29 is 18.9 Å². The van der Waals surface area contributed by atoms with Gasteiger partial charge in [-0.05, 0) is 17.7 Å². The van der Waals surface area contributed by atoms with Crippen LogP contribution in [0.4, 0.5) is 0 Å². The van der Waals surface area contributed by atoms with E-state index in [4.69, 9.17) is 18.9 Å². The number of hydrogen-bond acceptors (Lipinski definition) is 4. The quantitative estimate of drug-likeness (QED) is 0.726. The number of ether oxygens (including phenoxy) is 4. The van der Waals surface area contributed by atoms with Gasteiger partial charge < -0.3 is 18.9 Å². The van der Waals surface area contributed by atoms with Crippen molar-refractivity contribution in [3.8, 4) is 17.2 Å². The molecule has 0 amide bonds. The molecule has 0 heterocycles. The first kappa shape index (κ1) is 14.2. The molecule has 0 aliphatic rings. The third-order valence-electron chi connectivity index (χ3n) is 2.72. The summed E-state index contributed by atoms with van der Waals surface area (Å²) in [5, 5.41) is 0. The standard InChI is InChI=1S/C16H18O4/c1-17-12-20-14-8-9-15(18-2)16(10-14)19-11-13-6-4-3-5-7-13/h3-10H,11-12H2,1-2H3. The normalized spacial score (nSPS) is 10.1. The van der Waals surface area contributed by atoms with Crippen LogP contribution in [0.25, 0.3) is 0 Å². The number of hydrogen-bond donors (Lipinski definition) is 0. The molecule has 4 nitrogen and oxygen atoms in total. The van der Waals surface area contributed by atoms with Gasteiger partial charge in [-0.1, -0.05) is 30.3 Å². The first-order valence-corrected chi connectivity index (χ1v) is 6.30. The second kappa shape index (κ2) is 7.40. The molecule has 0 radical (unpaired) electrons. The first-order chi connectivity index (χ1) is 9.83. The fraction of sp³-hybridized carbons (Fsp3) is 0.250. The minimum atomic E-state index is 0.199. The van der Waals surface area contributed by atoms with Gasteiger partial charge in [0.1, 0.15) is 12.4 Å². The predicted octanol–water partition coefficient (Wildman–Crippen LogP) is 3.26. The van der Waals surface area contributed by atoms with E-state index >= 15 is 0 Å². The zero-order valence-corrected chi connectivity index (χ0v) is 11.7. The highest BCUT2D eigenvalue weighted by Crippen LogP contribution is 2.31. The Hall–Kier alpha value is -2.20. The SMILES string of the molecule is COCOc1ccc(OC)c(OCc2ccccc2)c1. The third-order valence-corrected chi connectivity index (χ3v) is 2.72. The molecule has 106 valence electrons. The molecular formula is C16H18O4. The fourth-order valence-corrected chi connectivity index (χ4v) is 1.72. The second-order valence-electron chi connectivity index (χ2n) is 4.14. The molecule has 0 aliphatic carbocycles. The lowest BCUT2D eigenvalue weighted by atomic mass is 10.2. The Morgan fingerprint density at radius 1 is 0.850 bits per heavy atom. The fourth-order valence-electron chi connectivity index (χ4n) is 1.72. The number of benzene rings is 2. The summed E-state index contributed by atoms with van der Waals surface area (Å²) in [4.78, 5) is 0. The van der Waals surface area contributed by atoms with E-state index in [1.807, 2.05) is 42.5 Å². The Bertz CT molecular complexity index is 525. The van der Waals surface area contributed by atoms with Crippen molar-refractivity contribution >= 4 is 0 Å². The average molecular weight is 274 g/mol. The highest BCUT2D eigenvalue weighted by Gasteiger charge is 2.07. The molecule has 0 N–H and O–H groups in total. The molecule has 20 heavy (non-hydrogen) atoms. The van der Waals surface area contributed by atoms with E-state index in [9.17, 15) is 0 Å². The molecule has 0 saturated carbocycles. The molecule has 0 unspecified atom stereocenters. The molecule has 2 rings (SSSR count). The summed E-state index contributed by atoms with van der Waals surface area (Å²) in [6, 6.07) is 15.4. The molecule has 0 atom stereocenters. The first-order valence-electron chi connectivity index (χ1n) is 6.30. The van der Waals surface area contributed by atoms with E-state index in [1.165, 1.54) is 0 Å². The van der Waals surface area contributed by atoms with Crippen LogP contribution in [0.1, 0.15) is 5.56 Å². The van der Waals surface area contributed by atoms with E-state index in [0.29, 0.717) is 23.9 Å². The Labute approximate surface area is 118 Å². The number of rotatable bonds is 7. The average Bonchev–Trinajstić information content (AvgIpc) is 2.52. The highest BCUT2D eigenvalue weighted by molar-refractivity contribution is 5.45. The van der Waals surface area contributed by atoms with E-state index in [-0.39, 0.29) is 6.79 Å². The Morgan fingerprint density at radius 3 is 2.35 bits per heavy atom. The lowest BCUT2D eigenvalue weighted by Gasteiger charge is -2.12.